The predicted molar refractivity (Wildman–Crippen MR) is 72.4 cm³/mol. The van der Waals surface area contributed by atoms with Gasteiger partial charge in [-0.05, 0) is 5.75 Å². The second-order valence-electron chi connectivity index (χ2n) is 3.97. The van der Waals surface area contributed by atoms with E-state index in [1.165, 1.54) is 18.0 Å². The standard InChI is InChI=1S/C11H14N4O4S/c1-2-20-11-14-9-7(10(19)15-11)13-5(3-12-9)8(18)6(17)4-16/h3,6,8,16-18H,2,4H2,1H3,(H,12,14,15,19)/t6-,8+/m1/s1. The number of hydrogen-bond donors (Lipinski definition) is 4. The van der Waals surface area contributed by atoms with Gasteiger partial charge in [-0.2, -0.15) is 0 Å². The van der Waals surface area contributed by atoms with Crippen molar-refractivity contribution in [3.8, 4) is 0 Å². The molecule has 0 aliphatic rings. The third-order valence-corrected chi connectivity index (χ3v) is 3.31. The number of aliphatic hydroxyl groups is 3. The number of aromatic nitrogens is 4. The van der Waals surface area contributed by atoms with Crippen molar-refractivity contribution in [3.05, 3.63) is 22.2 Å². The smallest absolute Gasteiger partial charge is 0.279 e. The molecule has 2 rings (SSSR count). The highest BCUT2D eigenvalue weighted by molar-refractivity contribution is 7.99. The number of aliphatic hydroxyl groups excluding tert-OH is 3. The monoisotopic (exact) mass is 298 g/mol. The quantitative estimate of drug-likeness (QED) is 0.417. The molecule has 0 aliphatic heterocycles. The summed E-state index contributed by atoms with van der Waals surface area (Å²) in [6.45, 7) is 1.30. The molecule has 4 N–H and O–H groups in total. The molecule has 0 aromatic carbocycles. The minimum atomic E-state index is -1.42. The van der Waals surface area contributed by atoms with Crippen molar-refractivity contribution < 1.29 is 15.3 Å². The molecule has 2 heterocycles. The lowest BCUT2D eigenvalue weighted by atomic mass is 10.1. The van der Waals surface area contributed by atoms with Crippen LogP contribution in [0.15, 0.2) is 16.1 Å². The molecule has 2 aromatic rings. The van der Waals surface area contributed by atoms with Crippen molar-refractivity contribution in [2.75, 3.05) is 12.4 Å². The minimum Gasteiger partial charge on any atom is -0.394 e. The van der Waals surface area contributed by atoms with E-state index in [1.54, 1.807) is 0 Å². The molecule has 0 unspecified atom stereocenters. The Labute approximate surface area is 117 Å². The van der Waals surface area contributed by atoms with Crippen molar-refractivity contribution in [1.82, 2.24) is 19.9 Å². The molecule has 9 heteroatoms. The Balaban J connectivity index is 2.47. The summed E-state index contributed by atoms with van der Waals surface area (Å²) in [7, 11) is 0. The van der Waals surface area contributed by atoms with Crippen LogP contribution in [0, 0.1) is 0 Å². The van der Waals surface area contributed by atoms with Gasteiger partial charge in [0.2, 0.25) is 0 Å². The van der Waals surface area contributed by atoms with E-state index in [0.717, 1.165) is 5.75 Å². The normalized spacial score (nSPS) is 14.4. The largest absolute Gasteiger partial charge is 0.394 e. The molecule has 0 aliphatic carbocycles. The Morgan fingerprint density at radius 3 is 2.80 bits per heavy atom. The summed E-state index contributed by atoms with van der Waals surface area (Å²) in [6, 6.07) is 0. The summed E-state index contributed by atoms with van der Waals surface area (Å²) in [5, 5.41) is 28.3. The Morgan fingerprint density at radius 2 is 2.15 bits per heavy atom. The average Bonchev–Trinajstić information content (AvgIpc) is 2.45. The summed E-state index contributed by atoms with van der Waals surface area (Å²) in [6.07, 6.45) is -1.58. The van der Waals surface area contributed by atoms with Crippen LogP contribution in [0.4, 0.5) is 0 Å². The molecule has 0 saturated heterocycles. The topological polar surface area (TPSA) is 132 Å². The van der Waals surface area contributed by atoms with Gasteiger partial charge in [0.1, 0.15) is 12.2 Å². The van der Waals surface area contributed by atoms with E-state index in [0.29, 0.717) is 5.16 Å². The lowest BCUT2D eigenvalue weighted by Gasteiger charge is -2.14. The molecule has 2 aromatic heterocycles. The molecule has 0 amide bonds. The number of nitrogens with zero attached hydrogens (tertiary/aromatic N) is 3. The van der Waals surface area contributed by atoms with Gasteiger partial charge < -0.3 is 15.3 Å². The number of fused-ring (bicyclic) bond motifs is 1. The highest BCUT2D eigenvalue weighted by Gasteiger charge is 2.20. The van der Waals surface area contributed by atoms with Gasteiger partial charge in [0.25, 0.3) is 5.56 Å². The number of thioether (sulfide) groups is 1. The Hall–Kier alpha value is -1.55. The Morgan fingerprint density at radius 1 is 1.40 bits per heavy atom. The van der Waals surface area contributed by atoms with E-state index in [1.807, 2.05) is 6.92 Å². The Kier molecular flexibility index (Phi) is 4.65. The first-order valence-corrected chi connectivity index (χ1v) is 6.92. The van der Waals surface area contributed by atoms with Crippen LogP contribution in [0.1, 0.15) is 18.7 Å². The van der Waals surface area contributed by atoms with Crippen molar-refractivity contribution in [2.24, 2.45) is 0 Å². The number of nitrogens with one attached hydrogen (secondary N) is 1. The lowest BCUT2D eigenvalue weighted by Crippen LogP contribution is -2.24. The zero-order chi connectivity index (χ0) is 14.7. The van der Waals surface area contributed by atoms with Crippen LogP contribution >= 0.6 is 11.8 Å². The van der Waals surface area contributed by atoms with Crippen LogP contribution in [0.25, 0.3) is 11.2 Å². The van der Waals surface area contributed by atoms with Gasteiger partial charge in [0.15, 0.2) is 16.3 Å². The van der Waals surface area contributed by atoms with Crippen LogP contribution in [0.3, 0.4) is 0 Å². The van der Waals surface area contributed by atoms with Crippen molar-refractivity contribution in [2.45, 2.75) is 24.3 Å². The summed E-state index contributed by atoms with van der Waals surface area (Å²) >= 11 is 1.37. The van der Waals surface area contributed by atoms with E-state index in [-0.39, 0.29) is 16.9 Å². The first-order chi connectivity index (χ1) is 9.56. The second kappa shape index (κ2) is 6.27. The van der Waals surface area contributed by atoms with Crippen LogP contribution in [-0.2, 0) is 0 Å². The fourth-order valence-corrected chi connectivity index (χ4v) is 2.14. The van der Waals surface area contributed by atoms with Crippen molar-refractivity contribution >= 4 is 22.9 Å². The maximum absolute atomic E-state index is 11.9. The second-order valence-corrected chi connectivity index (χ2v) is 5.22. The highest BCUT2D eigenvalue weighted by Crippen LogP contribution is 2.16. The van der Waals surface area contributed by atoms with Gasteiger partial charge in [-0.25, -0.2) is 15.0 Å². The molecule has 8 nitrogen and oxygen atoms in total. The molecule has 0 fully saturated rings. The van der Waals surface area contributed by atoms with Gasteiger partial charge in [0.05, 0.1) is 18.5 Å². The van der Waals surface area contributed by atoms with E-state index in [9.17, 15) is 15.0 Å². The lowest BCUT2D eigenvalue weighted by molar-refractivity contribution is -0.0173. The van der Waals surface area contributed by atoms with Gasteiger partial charge in [-0.15, -0.1) is 0 Å². The summed E-state index contributed by atoms with van der Waals surface area (Å²) in [5.41, 5.74) is -0.320. The van der Waals surface area contributed by atoms with Gasteiger partial charge in [-0.1, -0.05) is 18.7 Å². The van der Waals surface area contributed by atoms with Crippen LogP contribution in [-0.4, -0.2) is 53.7 Å². The van der Waals surface area contributed by atoms with E-state index in [2.05, 4.69) is 19.9 Å². The SMILES string of the molecule is CCSc1nc2ncc([C@H](O)[C@H](O)CO)nc2c(=O)[nH]1. The molecular formula is C11H14N4O4S. The van der Waals surface area contributed by atoms with E-state index >= 15 is 0 Å². The van der Waals surface area contributed by atoms with Crippen LogP contribution < -0.4 is 5.56 Å². The number of aromatic amines is 1. The van der Waals surface area contributed by atoms with Crippen molar-refractivity contribution in [1.29, 1.82) is 0 Å². The summed E-state index contributed by atoms with van der Waals surface area (Å²) in [4.78, 5) is 26.5. The molecular weight excluding hydrogens is 284 g/mol. The zero-order valence-corrected chi connectivity index (χ0v) is 11.5. The molecule has 0 saturated carbocycles. The molecule has 0 bridgehead atoms. The third-order valence-electron chi connectivity index (χ3n) is 2.55. The average molecular weight is 298 g/mol. The van der Waals surface area contributed by atoms with Crippen LogP contribution in [0.2, 0.25) is 0 Å². The molecule has 0 spiro atoms. The predicted octanol–water partition coefficient (Wildman–Crippen LogP) is -0.788. The maximum Gasteiger partial charge on any atom is 0.279 e. The number of H-pyrrole nitrogens is 1. The molecule has 0 radical (unpaired) electrons. The minimum absolute atomic E-state index is 0.00208. The maximum atomic E-state index is 11.9. The fourth-order valence-electron chi connectivity index (χ4n) is 1.56. The zero-order valence-electron chi connectivity index (χ0n) is 10.6. The van der Waals surface area contributed by atoms with Crippen molar-refractivity contribution in [3.63, 3.8) is 0 Å². The Bertz CT molecular complexity index is 662. The van der Waals surface area contributed by atoms with Crippen LogP contribution in [0.5, 0.6) is 0 Å². The summed E-state index contributed by atoms with van der Waals surface area (Å²) < 4.78 is 0. The molecule has 20 heavy (non-hydrogen) atoms. The molecule has 2 atom stereocenters. The highest BCUT2D eigenvalue weighted by atomic mass is 32.2. The van der Waals surface area contributed by atoms with Gasteiger partial charge >= 0.3 is 0 Å². The first kappa shape index (κ1) is 14.9. The number of hydrogen-bond acceptors (Lipinski definition) is 8. The summed E-state index contributed by atoms with van der Waals surface area (Å²) in [5.74, 6) is 0.751. The fraction of sp³-hybridized carbons (Fsp3) is 0.455. The first-order valence-electron chi connectivity index (χ1n) is 5.93. The van der Waals surface area contributed by atoms with Gasteiger partial charge in [0, 0.05) is 0 Å². The van der Waals surface area contributed by atoms with E-state index < -0.39 is 24.4 Å². The van der Waals surface area contributed by atoms with Gasteiger partial charge in [-0.3, -0.25) is 9.78 Å². The molecule has 108 valence electrons. The number of rotatable bonds is 5. The third kappa shape index (κ3) is 2.96. The van der Waals surface area contributed by atoms with E-state index in [4.69, 9.17) is 5.11 Å².